The second-order valence-corrected chi connectivity index (χ2v) is 34.6. The summed E-state index contributed by atoms with van der Waals surface area (Å²) >= 11 is 0. The topological polar surface area (TPSA) is 58.9 Å². The average Bonchev–Trinajstić information content (AvgIpc) is 0.735. The van der Waals surface area contributed by atoms with Gasteiger partial charge in [0, 0.05) is 39.8 Å². The van der Waals surface area contributed by atoms with Gasteiger partial charge in [0.2, 0.25) is 0 Å². The monoisotopic (exact) mass is 1250 g/mol. The molecule has 0 heterocycles. The SMILES string of the molecule is CC(C)(C)CC(C)(C)c1cc(-c2c3ccc(C(C)(C)C)cc3cc3ccc(C(C)(C)C)cc23)c(O)c(-c2cccc(F)c2)c1OCCCOc1c(C(C)(C)CC(C)(C)C)cc(-c2c3ccc(C(C)(C)C)cc3cc3ccc(C(C)(C)C)cc23)c(O)c1-c1cccc(F)c1. The number of aromatic hydroxyl groups is 2. The van der Waals surface area contributed by atoms with Gasteiger partial charge < -0.3 is 19.7 Å². The van der Waals surface area contributed by atoms with Gasteiger partial charge >= 0.3 is 0 Å². The van der Waals surface area contributed by atoms with Gasteiger partial charge in [-0.2, -0.15) is 0 Å². The number of ether oxygens (including phenoxy) is 2. The minimum Gasteiger partial charge on any atom is -0.507 e. The van der Waals surface area contributed by atoms with E-state index in [9.17, 15) is 10.2 Å². The second kappa shape index (κ2) is 24.3. The van der Waals surface area contributed by atoms with E-state index in [0.717, 1.165) is 78.2 Å². The van der Waals surface area contributed by atoms with Crippen LogP contribution < -0.4 is 9.47 Å². The summed E-state index contributed by atoms with van der Waals surface area (Å²) < 4.78 is 46.3. The van der Waals surface area contributed by atoms with Gasteiger partial charge in [-0.15, -0.1) is 0 Å². The predicted octanol–water partition coefficient (Wildman–Crippen LogP) is 25.1. The van der Waals surface area contributed by atoms with Gasteiger partial charge in [0.05, 0.1) is 24.3 Å². The van der Waals surface area contributed by atoms with E-state index in [4.69, 9.17) is 9.47 Å². The molecular weight excluding hydrogens is 1150 g/mol. The maximum absolute atomic E-state index is 15.9. The van der Waals surface area contributed by atoms with Crippen LogP contribution in [0.1, 0.15) is 205 Å². The van der Waals surface area contributed by atoms with Gasteiger partial charge in [0.15, 0.2) is 0 Å². The van der Waals surface area contributed by atoms with Crippen molar-refractivity contribution in [1.29, 1.82) is 0 Å². The Morgan fingerprint density at radius 2 is 0.667 bits per heavy atom. The maximum atomic E-state index is 15.9. The van der Waals surface area contributed by atoms with E-state index in [-0.39, 0.29) is 57.2 Å². The lowest BCUT2D eigenvalue weighted by molar-refractivity contribution is 0.231. The first-order chi connectivity index (χ1) is 43.0. The molecule has 0 aromatic heterocycles. The molecule has 0 aliphatic heterocycles. The molecule has 10 aromatic carbocycles. The second-order valence-electron chi connectivity index (χ2n) is 34.6. The smallest absolute Gasteiger partial charge is 0.135 e. The molecule has 0 atom stereocenters. The van der Waals surface area contributed by atoms with Crippen molar-refractivity contribution in [2.75, 3.05) is 13.2 Å². The molecule has 0 aliphatic rings. The highest BCUT2D eigenvalue weighted by Crippen LogP contribution is 2.57. The molecule has 2 N–H and O–H groups in total. The number of phenols is 2. The van der Waals surface area contributed by atoms with Crippen LogP contribution >= 0.6 is 0 Å². The third kappa shape index (κ3) is 14.2. The largest absolute Gasteiger partial charge is 0.507 e. The predicted molar refractivity (Wildman–Crippen MR) is 393 cm³/mol. The van der Waals surface area contributed by atoms with Crippen LogP contribution in [0, 0.1) is 22.5 Å². The fourth-order valence-electron chi connectivity index (χ4n) is 14.8. The number of halogens is 2. The molecule has 4 nitrogen and oxygen atoms in total. The van der Waals surface area contributed by atoms with Crippen LogP contribution in [0.5, 0.6) is 23.0 Å². The van der Waals surface area contributed by atoms with E-state index in [1.807, 2.05) is 12.1 Å². The standard InChI is InChI=1S/C87H102F2O4/c1-80(2,3)50-86(19,20)70-48-68(74-64-36-34-58(82(7,8)9)42-56(64)40-52-30-32-60(46-66(52)74)84(13,14)15)76(90)72(54-26-23-28-62(88)44-54)78(70)92-38-25-39-93-79-71(87(21,22)51-81(4,5)6)49-69(77(91)73(79)55-27-24-29-63(89)45-55)75-65-37-35-59(83(10,11)12)43-57(65)41-53-31-33-61(47-67(53)75)85(16,17)18/h23-24,26-37,40-49,90-91H,25,38-39,50-51H2,1-22H3. The number of benzene rings is 10. The minimum atomic E-state index is -0.545. The van der Waals surface area contributed by atoms with Crippen molar-refractivity contribution in [2.45, 2.75) is 204 Å². The summed E-state index contributed by atoms with van der Waals surface area (Å²) in [5.74, 6) is 0.0966. The third-order valence-corrected chi connectivity index (χ3v) is 18.8. The molecule has 0 unspecified atom stereocenters. The van der Waals surface area contributed by atoms with Crippen molar-refractivity contribution >= 4 is 43.1 Å². The van der Waals surface area contributed by atoms with Crippen LogP contribution in [-0.2, 0) is 32.5 Å². The molecule has 0 amide bonds. The van der Waals surface area contributed by atoms with E-state index < -0.39 is 22.5 Å². The van der Waals surface area contributed by atoms with E-state index in [1.54, 1.807) is 12.1 Å². The van der Waals surface area contributed by atoms with Gasteiger partial charge in [-0.25, -0.2) is 8.78 Å². The summed E-state index contributed by atoms with van der Waals surface area (Å²) in [6.45, 7) is 49.5. The summed E-state index contributed by atoms with van der Waals surface area (Å²) in [6.07, 6.45) is 1.88. The Morgan fingerprint density at radius 3 is 0.989 bits per heavy atom. The number of hydrogen-bond acceptors (Lipinski definition) is 4. The number of rotatable bonds is 14. The van der Waals surface area contributed by atoms with Crippen LogP contribution in [0.3, 0.4) is 0 Å². The third-order valence-electron chi connectivity index (χ3n) is 18.8. The summed E-state index contributed by atoms with van der Waals surface area (Å²) in [5, 5.41) is 35.2. The van der Waals surface area contributed by atoms with E-state index in [0.29, 0.717) is 51.3 Å². The Balaban J connectivity index is 1.17. The Morgan fingerprint density at radius 1 is 0.333 bits per heavy atom. The van der Waals surface area contributed by atoms with Crippen LogP contribution in [0.25, 0.3) is 87.6 Å². The number of fused-ring (bicyclic) bond motifs is 4. The van der Waals surface area contributed by atoms with Gasteiger partial charge in [-0.3, -0.25) is 0 Å². The first-order valence-corrected chi connectivity index (χ1v) is 33.6. The van der Waals surface area contributed by atoms with Crippen LogP contribution in [0.15, 0.2) is 146 Å². The molecule has 0 saturated carbocycles. The van der Waals surface area contributed by atoms with Crippen molar-refractivity contribution in [3.63, 3.8) is 0 Å². The molecule has 6 heteroatoms. The molecule has 0 bridgehead atoms. The molecule has 0 fully saturated rings. The number of phenolic OH excluding ortho intramolecular Hbond substituents is 2. The molecule has 10 aromatic rings. The highest BCUT2D eigenvalue weighted by molar-refractivity contribution is 6.16. The highest BCUT2D eigenvalue weighted by Gasteiger charge is 2.37. The molecular formula is C87H102F2O4. The van der Waals surface area contributed by atoms with E-state index in [1.165, 1.54) is 46.5 Å². The molecule has 0 spiro atoms. The zero-order chi connectivity index (χ0) is 68.1. The quantitative estimate of drug-likeness (QED) is 0.0841. The molecule has 0 saturated heterocycles. The van der Waals surface area contributed by atoms with Crippen LogP contribution in [0.4, 0.5) is 8.78 Å². The Bertz CT molecular complexity index is 4230. The van der Waals surface area contributed by atoms with Crippen molar-refractivity contribution in [2.24, 2.45) is 10.8 Å². The first-order valence-electron chi connectivity index (χ1n) is 33.6. The zero-order valence-electron chi connectivity index (χ0n) is 59.9. The van der Waals surface area contributed by atoms with Crippen molar-refractivity contribution in [1.82, 2.24) is 0 Å². The van der Waals surface area contributed by atoms with E-state index in [2.05, 4.69) is 249 Å². The minimum absolute atomic E-state index is 0.00119. The molecule has 93 heavy (non-hydrogen) atoms. The van der Waals surface area contributed by atoms with E-state index >= 15 is 8.78 Å². The summed E-state index contributed by atoms with van der Waals surface area (Å²) in [4.78, 5) is 0. The first kappa shape index (κ1) is 68.2. The number of hydrogen-bond donors (Lipinski definition) is 2. The van der Waals surface area contributed by atoms with Gasteiger partial charge in [0.1, 0.15) is 34.6 Å². The lowest BCUT2D eigenvalue weighted by Crippen LogP contribution is -2.26. The average molecular weight is 1250 g/mol. The normalized spacial score (nSPS) is 13.2. The lowest BCUT2D eigenvalue weighted by atomic mass is 9.70. The molecule has 0 radical (unpaired) electrons. The zero-order valence-corrected chi connectivity index (χ0v) is 59.9. The fourth-order valence-corrected chi connectivity index (χ4v) is 14.8. The highest BCUT2D eigenvalue weighted by atomic mass is 19.1. The molecule has 10 rings (SSSR count). The van der Waals surface area contributed by atoms with Crippen molar-refractivity contribution in [3.8, 4) is 67.5 Å². The van der Waals surface area contributed by atoms with Crippen molar-refractivity contribution < 1.29 is 28.5 Å². The maximum Gasteiger partial charge on any atom is 0.135 e. The summed E-state index contributed by atoms with van der Waals surface area (Å²) in [6, 6.07) is 48.6. The van der Waals surface area contributed by atoms with Crippen LogP contribution in [-0.4, -0.2) is 23.4 Å². The van der Waals surface area contributed by atoms with Crippen molar-refractivity contribution in [3.05, 3.63) is 191 Å². The molecule has 0 aliphatic carbocycles. The van der Waals surface area contributed by atoms with Crippen LogP contribution in [0.2, 0.25) is 0 Å². The van der Waals surface area contributed by atoms with Gasteiger partial charge in [0.25, 0.3) is 0 Å². The summed E-state index contributed by atoms with van der Waals surface area (Å²) in [5.41, 5.74) is 9.55. The van der Waals surface area contributed by atoms with Gasteiger partial charge in [-0.1, -0.05) is 237 Å². The molecule has 488 valence electrons. The fraction of sp³-hybridized carbons (Fsp3) is 0.402. The Kier molecular flexibility index (Phi) is 17.8. The lowest BCUT2D eigenvalue weighted by Gasteiger charge is -2.36. The Labute approximate surface area is 554 Å². The Hall–Kier alpha value is -7.70. The summed E-state index contributed by atoms with van der Waals surface area (Å²) in [7, 11) is 0. The van der Waals surface area contributed by atoms with Gasteiger partial charge in [-0.05, 0) is 193 Å².